The molecule has 124 valence electrons. The highest BCUT2D eigenvalue weighted by Gasteiger charge is 2.35. The van der Waals surface area contributed by atoms with Gasteiger partial charge in [0.1, 0.15) is 0 Å². The molecule has 0 heterocycles. The van der Waals surface area contributed by atoms with Crippen molar-refractivity contribution in [3.8, 4) is 0 Å². The van der Waals surface area contributed by atoms with E-state index in [4.69, 9.17) is 4.74 Å². The van der Waals surface area contributed by atoms with E-state index in [0.717, 1.165) is 17.7 Å². The summed E-state index contributed by atoms with van der Waals surface area (Å²) in [6, 6.07) is 7.65. The van der Waals surface area contributed by atoms with Gasteiger partial charge in [0, 0.05) is 5.69 Å². The fraction of sp³-hybridized carbons (Fsp3) is 0.474. The van der Waals surface area contributed by atoms with Gasteiger partial charge >= 0.3 is 5.97 Å². The van der Waals surface area contributed by atoms with Gasteiger partial charge in [-0.3, -0.25) is 9.59 Å². The van der Waals surface area contributed by atoms with Gasteiger partial charge in [0.2, 0.25) is 5.91 Å². The van der Waals surface area contributed by atoms with Gasteiger partial charge in [0.05, 0.1) is 17.9 Å². The number of hydrogen-bond acceptors (Lipinski definition) is 3. The Kier molecular flexibility index (Phi) is 5.97. The van der Waals surface area contributed by atoms with Crippen LogP contribution >= 0.6 is 0 Å². The number of esters is 1. The van der Waals surface area contributed by atoms with E-state index >= 15 is 0 Å². The van der Waals surface area contributed by atoms with E-state index in [0.29, 0.717) is 12.8 Å². The molecule has 0 unspecified atom stereocenters. The molecule has 0 fully saturated rings. The minimum absolute atomic E-state index is 0.116. The molecular formula is C19H25NO3. The third kappa shape index (κ3) is 4.68. The van der Waals surface area contributed by atoms with Crippen LogP contribution in [0.1, 0.15) is 38.7 Å². The molecule has 1 N–H and O–H groups in total. The normalized spacial score (nSPS) is 21.5. The first kappa shape index (κ1) is 17.3. The van der Waals surface area contributed by atoms with Crippen molar-refractivity contribution in [2.24, 2.45) is 11.8 Å². The van der Waals surface area contributed by atoms with Crippen molar-refractivity contribution in [1.29, 1.82) is 0 Å². The van der Waals surface area contributed by atoms with Crippen molar-refractivity contribution in [2.75, 3.05) is 5.32 Å². The zero-order chi connectivity index (χ0) is 16.8. The molecule has 0 radical (unpaired) electrons. The van der Waals surface area contributed by atoms with Gasteiger partial charge < -0.3 is 10.1 Å². The number of aryl methyl sites for hydroxylation is 1. The number of benzene rings is 1. The van der Waals surface area contributed by atoms with Gasteiger partial charge in [-0.1, -0.05) is 36.8 Å². The van der Waals surface area contributed by atoms with Crippen LogP contribution < -0.4 is 5.32 Å². The summed E-state index contributed by atoms with van der Waals surface area (Å²) in [5.41, 5.74) is 1.89. The average molecular weight is 315 g/mol. The third-order valence-corrected chi connectivity index (χ3v) is 4.28. The van der Waals surface area contributed by atoms with E-state index in [9.17, 15) is 9.59 Å². The molecule has 1 aliphatic rings. The van der Waals surface area contributed by atoms with Crippen LogP contribution in [0.4, 0.5) is 5.69 Å². The number of nitrogens with one attached hydrogen (secondary N) is 1. The van der Waals surface area contributed by atoms with Crippen molar-refractivity contribution in [1.82, 2.24) is 0 Å². The first-order valence-electron chi connectivity index (χ1n) is 8.24. The monoisotopic (exact) mass is 315 g/mol. The SMILES string of the molecule is CC[C@H](C)OC(=O)[C@@H]1CC=CC[C@@H]1C(=O)Nc1ccc(C)cc1. The van der Waals surface area contributed by atoms with Crippen LogP contribution in [0.25, 0.3) is 0 Å². The lowest BCUT2D eigenvalue weighted by Gasteiger charge is -2.27. The third-order valence-electron chi connectivity index (χ3n) is 4.28. The van der Waals surface area contributed by atoms with Gasteiger partial charge in [0.25, 0.3) is 0 Å². The number of anilines is 1. The van der Waals surface area contributed by atoms with Gasteiger partial charge in [-0.05, 0) is 45.2 Å². The molecule has 1 amide bonds. The number of rotatable bonds is 5. The molecule has 0 aromatic heterocycles. The molecular weight excluding hydrogens is 290 g/mol. The van der Waals surface area contributed by atoms with Gasteiger partial charge in [-0.2, -0.15) is 0 Å². The Morgan fingerprint density at radius 3 is 2.39 bits per heavy atom. The van der Waals surface area contributed by atoms with Gasteiger partial charge in [-0.15, -0.1) is 0 Å². The van der Waals surface area contributed by atoms with E-state index in [1.807, 2.05) is 57.2 Å². The largest absolute Gasteiger partial charge is 0.462 e. The van der Waals surface area contributed by atoms with Crippen LogP contribution in [0.5, 0.6) is 0 Å². The molecule has 0 saturated heterocycles. The van der Waals surface area contributed by atoms with Crippen molar-refractivity contribution in [2.45, 2.75) is 46.1 Å². The zero-order valence-electron chi connectivity index (χ0n) is 14.0. The fourth-order valence-corrected chi connectivity index (χ4v) is 2.61. The van der Waals surface area contributed by atoms with Crippen molar-refractivity contribution in [3.05, 3.63) is 42.0 Å². The van der Waals surface area contributed by atoms with E-state index in [1.54, 1.807) is 0 Å². The molecule has 4 heteroatoms. The molecule has 1 aromatic rings. The predicted octanol–water partition coefficient (Wildman–Crippen LogP) is 3.86. The van der Waals surface area contributed by atoms with E-state index in [1.165, 1.54) is 0 Å². The van der Waals surface area contributed by atoms with Crippen LogP contribution in [-0.4, -0.2) is 18.0 Å². The second kappa shape index (κ2) is 7.95. The highest BCUT2D eigenvalue weighted by Crippen LogP contribution is 2.28. The summed E-state index contributed by atoms with van der Waals surface area (Å²) in [7, 11) is 0. The molecule has 0 saturated carbocycles. The first-order chi connectivity index (χ1) is 11.0. The topological polar surface area (TPSA) is 55.4 Å². The smallest absolute Gasteiger partial charge is 0.310 e. The molecule has 0 bridgehead atoms. The lowest BCUT2D eigenvalue weighted by Crippen LogP contribution is -2.36. The Hall–Kier alpha value is -2.10. The Labute approximate surface area is 137 Å². The van der Waals surface area contributed by atoms with Crippen molar-refractivity contribution in [3.63, 3.8) is 0 Å². The fourth-order valence-electron chi connectivity index (χ4n) is 2.61. The van der Waals surface area contributed by atoms with E-state index < -0.39 is 5.92 Å². The second-order valence-electron chi connectivity index (χ2n) is 6.17. The average Bonchev–Trinajstić information content (AvgIpc) is 2.56. The predicted molar refractivity (Wildman–Crippen MR) is 91.0 cm³/mol. The van der Waals surface area contributed by atoms with Gasteiger partial charge in [-0.25, -0.2) is 0 Å². The van der Waals surface area contributed by atoms with Gasteiger partial charge in [0.15, 0.2) is 0 Å². The first-order valence-corrected chi connectivity index (χ1v) is 8.24. The molecule has 4 nitrogen and oxygen atoms in total. The highest BCUT2D eigenvalue weighted by molar-refractivity contribution is 5.95. The molecule has 2 rings (SSSR count). The number of carbonyl (C=O) groups is 2. The second-order valence-corrected chi connectivity index (χ2v) is 6.17. The Balaban J connectivity index is 2.05. The van der Waals surface area contributed by atoms with Crippen molar-refractivity contribution >= 4 is 17.6 Å². The standard InChI is InChI=1S/C19H25NO3/c1-4-14(3)23-19(22)17-8-6-5-7-16(17)18(21)20-15-11-9-13(2)10-12-15/h5-6,9-12,14,16-17H,4,7-8H2,1-3H3,(H,20,21)/t14-,16-,17+/m0/s1. The van der Waals surface area contributed by atoms with Crippen LogP contribution in [0.3, 0.4) is 0 Å². The molecule has 1 aliphatic carbocycles. The summed E-state index contributed by atoms with van der Waals surface area (Å²) >= 11 is 0. The van der Waals surface area contributed by atoms with Crippen LogP contribution in [-0.2, 0) is 14.3 Å². The lowest BCUT2D eigenvalue weighted by atomic mass is 9.82. The minimum Gasteiger partial charge on any atom is -0.462 e. The van der Waals surface area contributed by atoms with Crippen LogP contribution in [0.2, 0.25) is 0 Å². The van der Waals surface area contributed by atoms with E-state index in [2.05, 4.69) is 5.32 Å². The molecule has 0 aliphatic heterocycles. The quantitative estimate of drug-likeness (QED) is 0.663. The number of amides is 1. The zero-order valence-corrected chi connectivity index (χ0v) is 14.0. The summed E-state index contributed by atoms with van der Waals surface area (Å²) in [6.45, 7) is 5.84. The maximum absolute atomic E-state index is 12.6. The van der Waals surface area contributed by atoms with Crippen LogP contribution in [0, 0.1) is 18.8 Å². The maximum Gasteiger partial charge on any atom is 0.310 e. The Morgan fingerprint density at radius 2 is 1.78 bits per heavy atom. The van der Waals surface area contributed by atoms with Crippen molar-refractivity contribution < 1.29 is 14.3 Å². The van der Waals surface area contributed by atoms with Crippen LogP contribution in [0.15, 0.2) is 36.4 Å². The summed E-state index contributed by atoms with van der Waals surface area (Å²) < 4.78 is 5.43. The summed E-state index contributed by atoms with van der Waals surface area (Å²) in [5, 5.41) is 2.91. The molecule has 3 atom stereocenters. The summed E-state index contributed by atoms with van der Waals surface area (Å²) in [5.74, 6) is -1.17. The number of carbonyl (C=O) groups excluding carboxylic acids is 2. The molecule has 1 aromatic carbocycles. The summed E-state index contributed by atoms with van der Waals surface area (Å²) in [6.07, 6.45) is 5.70. The summed E-state index contributed by atoms with van der Waals surface area (Å²) in [4.78, 5) is 24.9. The molecule has 23 heavy (non-hydrogen) atoms. The van der Waals surface area contributed by atoms with E-state index in [-0.39, 0.29) is 23.9 Å². The lowest BCUT2D eigenvalue weighted by molar-refractivity contribution is -0.157. The Morgan fingerprint density at radius 1 is 1.17 bits per heavy atom. The minimum atomic E-state index is -0.403. The number of hydrogen-bond donors (Lipinski definition) is 1. The number of allylic oxidation sites excluding steroid dienone is 2. The maximum atomic E-state index is 12.6. The molecule has 0 spiro atoms. The highest BCUT2D eigenvalue weighted by atomic mass is 16.5. The number of ether oxygens (including phenoxy) is 1. The Bertz CT molecular complexity index is 577.